The molecule has 0 N–H and O–H groups in total. The number of carbonyl (C=O) groups is 1. The third-order valence-electron chi connectivity index (χ3n) is 8.60. The van der Waals surface area contributed by atoms with Gasteiger partial charge in [0.1, 0.15) is 11.4 Å². The van der Waals surface area contributed by atoms with E-state index < -0.39 is 44.1 Å². The van der Waals surface area contributed by atoms with E-state index >= 15 is 0 Å². The Morgan fingerprint density at radius 3 is 2.14 bits per heavy atom. The van der Waals surface area contributed by atoms with Gasteiger partial charge in [0.05, 0.1) is 28.3 Å². The molecule has 0 fully saturated rings. The highest BCUT2D eigenvalue weighted by atomic mass is 35.5. The molecule has 5 rings (SSSR count). The first-order chi connectivity index (χ1) is 23.3. The highest BCUT2D eigenvalue weighted by molar-refractivity contribution is 6.74. The van der Waals surface area contributed by atoms with E-state index in [9.17, 15) is 31.1 Å². The Bertz CT molecular complexity index is 1970. The summed E-state index contributed by atoms with van der Waals surface area (Å²) in [6.45, 7) is 10.0. The lowest BCUT2D eigenvalue weighted by atomic mass is 9.97. The molecule has 0 aliphatic heterocycles. The molecule has 50 heavy (non-hydrogen) atoms. The zero-order chi connectivity index (χ0) is 36.6. The van der Waals surface area contributed by atoms with E-state index in [1.807, 2.05) is 0 Å². The minimum Gasteiger partial charge on any atom is -0.416 e. The fraction of sp³-hybridized carbons (Fsp3) is 0.324. The number of ketones is 1. The van der Waals surface area contributed by atoms with Gasteiger partial charge in [-0.15, -0.1) is 5.10 Å². The summed E-state index contributed by atoms with van der Waals surface area (Å²) in [5.74, 6) is -0.534. The topological polar surface area (TPSA) is 95.9 Å². The van der Waals surface area contributed by atoms with E-state index in [1.54, 1.807) is 24.3 Å². The summed E-state index contributed by atoms with van der Waals surface area (Å²) in [5, 5.41) is 12.5. The smallest absolute Gasteiger partial charge is 0.416 e. The summed E-state index contributed by atoms with van der Waals surface area (Å²) in [6.07, 6.45) is -7.15. The Kier molecular flexibility index (Phi) is 10.2. The predicted molar refractivity (Wildman–Crippen MR) is 176 cm³/mol. The molecular weight excluding hydrogens is 704 g/mol. The van der Waals surface area contributed by atoms with Gasteiger partial charge in [-0.1, -0.05) is 60.9 Å². The van der Waals surface area contributed by atoms with Gasteiger partial charge in [-0.3, -0.25) is 9.78 Å². The fourth-order valence-corrected chi connectivity index (χ4v) is 6.23. The van der Waals surface area contributed by atoms with Crippen molar-refractivity contribution in [2.45, 2.75) is 64.2 Å². The van der Waals surface area contributed by atoms with E-state index in [0.717, 1.165) is 4.68 Å². The van der Waals surface area contributed by atoms with Crippen LogP contribution in [0.1, 0.15) is 59.3 Å². The highest BCUT2D eigenvalue weighted by Gasteiger charge is 2.39. The molecule has 5 aromatic rings. The van der Waals surface area contributed by atoms with Crippen molar-refractivity contribution in [2.75, 3.05) is 6.61 Å². The number of pyridine rings is 1. The molecule has 0 atom stereocenters. The minimum absolute atomic E-state index is 0.0118. The van der Waals surface area contributed by atoms with Crippen LogP contribution in [0.5, 0.6) is 0 Å². The normalized spacial score (nSPS) is 12.8. The lowest BCUT2D eigenvalue weighted by Crippen LogP contribution is -2.41. The number of aromatic nitrogens is 5. The second-order valence-corrected chi connectivity index (χ2v) is 18.3. The Labute approximate surface area is 289 Å². The van der Waals surface area contributed by atoms with Gasteiger partial charge in [-0.05, 0) is 60.1 Å². The van der Waals surface area contributed by atoms with Gasteiger partial charge < -0.3 is 8.95 Å². The first kappa shape index (κ1) is 36.9. The number of rotatable bonds is 10. The largest absolute Gasteiger partial charge is 0.416 e. The van der Waals surface area contributed by atoms with Crippen LogP contribution in [0.2, 0.25) is 23.2 Å². The van der Waals surface area contributed by atoms with Gasteiger partial charge in [0.25, 0.3) is 0 Å². The molecule has 8 nitrogen and oxygen atoms in total. The van der Waals surface area contributed by atoms with Crippen LogP contribution < -0.4 is 0 Å². The lowest BCUT2D eigenvalue weighted by molar-refractivity contribution is -0.143. The number of hydrogen-bond acceptors (Lipinski definition) is 7. The zero-order valence-corrected chi connectivity index (χ0v) is 29.3. The van der Waals surface area contributed by atoms with Gasteiger partial charge in [-0.25, -0.2) is 4.68 Å². The molecule has 0 aliphatic carbocycles. The number of halogens is 7. The van der Waals surface area contributed by atoms with Crippen molar-refractivity contribution in [1.29, 1.82) is 0 Å². The maximum Gasteiger partial charge on any atom is 0.416 e. The van der Waals surface area contributed by atoms with Crippen molar-refractivity contribution >= 4 is 25.7 Å². The van der Waals surface area contributed by atoms with Gasteiger partial charge in [-0.2, -0.15) is 26.3 Å². The van der Waals surface area contributed by atoms with Crippen molar-refractivity contribution in [1.82, 2.24) is 25.1 Å². The molecule has 3 heterocycles. The summed E-state index contributed by atoms with van der Waals surface area (Å²) >= 11 is 6.50. The summed E-state index contributed by atoms with van der Waals surface area (Å²) in [6, 6.07) is 10.9. The van der Waals surface area contributed by atoms with Gasteiger partial charge in [0, 0.05) is 36.5 Å². The Morgan fingerprint density at radius 1 is 0.940 bits per heavy atom. The fourth-order valence-electron chi connectivity index (χ4n) is 4.96. The molecule has 3 aromatic heterocycles. The van der Waals surface area contributed by atoms with Crippen LogP contribution in [0.3, 0.4) is 0 Å². The monoisotopic (exact) mass is 735 g/mol. The van der Waals surface area contributed by atoms with Gasteiger partial charge in [0.15, 0.2) is 19.8 Å². The Balaban J connectivity index is 1.63. The number of carbonyl (C=O) groups excluding carboxylic acids is 1. The Hall–Kier alpha value is -4.34. The van der Waals surface area contributed by atoms with Crippen LogP contribution in [0.4, 0.5) is 26.3 Å². The van der Waals surface area contributed by atoms with Crippen molar-refractivity contribution in [2.24, 2.45) is 0 Å². The van der Waals surface area contributed by atoms with Gasteiger partial charge >= 0.3 is 12.4 Å². The molecule has 0 spiro atoms. The predicted octanol–water partition coefficient (Wildman–Crippen LogP) is 9.53. The quantitative estimate of drug-likeness (QED) is 0.0801. The zero-order valence-electron chi connectivity index (χ0n) is 27.6. The second kappa shape index (κ2) is 13.8. The van der Waals surface area contributed by atoms with E-state index in [-0.39, 0.29) is 63.1 Å². The van der Waals surface area contributed by atoms with Gasteiger partial charge in [0.2, 0.25) is 5.78 Å². The van der Waals surface area contributed by atoms with Crippen LogP contribution in [-0.2, 0) is 29.7 Å². The molecule has 2 aromatic carbocycles. The molecule has 0 unspecified atom stereocenters. The first-order valence-electron chi connectivity index (χ1n) is 15.3. The van der Waals surface area contributed by atoms with E-state index in [0.29, 0.717) is 23.3 Å². The highest BCUT2D eigenvalue weighted by Crippen LogP contribution is 2.39. The maximum absolute atomic E-state index is 14.6. The van der Waals surface area contributed by atoms with Crippen LogP contribution >= 0.6 is 11.6 Å². The number of benzene rings is 2. The van der Waals surface area contributed by atoms with Crippen molar-refractivity contribution in [3.05, 3.63) is 106 Å². The average Bonchev–Trinajstić information content (AvgIpc) is 3.64. The third-order valence-corrected chi connectivity index (χ3v) is 13.5. The molecule has 0 aliphatic rings. The molecule has 0 radical (unpaired) electrons. The van der Waals surface area contributed by atoms with Crippen LogP contribution in [0, 0.1) is 0 Å². The Morgan fingerprint density at radius 2 is 1.56 bits per heavy atom. The number of hydrogen-bond donors (Lipinski definition) is 0. The number of alkyl halides is 6. The summed E-state index contributed by atoms with van der Waals surface area (Å²) in [7, 11) is -2.19. The first-order valence-corrected chi connectivity index (χ1v) is 18.6. The standard InChI is InChI=1S/C34H32ClF6N5O3Si/c1-32(2,3)50(4,5)48-15-12-26-27(28(44-49-26)24-8-6-7-9-25(24)35)31(47)29-30(21-10-13-42-14-11-21)46(45-43-29)19-20-16-22(33(36,37)38)18-23(17-20)34(39,40)41/h6-11,13-14,16-18H,12,15,19H2,1-5H3. The molecule has 16 heteroatoms. The summed E-state index contributed by atoms with van der Waals surface area (Å²) in [4.78, 5) is 18.6. The summed E-state index contributed by atoms with van der Waals surface area (Å²) in [5.41, 5.74) is -2.71. The van der Waals surface area contributed by atoms with Crippen molar-refractivity contribution < 1.29 is 40.1 Å². The van der Waals surface area contributed by atoms with Crippen LogP contribution in [-0.4, -0.2) is 45.8 Å². The molecular formula is C34H32ClF6N5O3Si. The van der Waals surface area contributed by atoms with Crippen molar-refractivity contribution in [3.63, 3.8) is 0 Å². The van der Waals surface area contributed by atoms with Crippen LogP contribution in [0.15, 0.2) is 71.5 Å². The minimum atomic E-state index is -5.05. The molecule has 0 amide bonds. The van der Waals surface area contributed by atoms with Crippen molar-refractivity contribution in [3.8, 4) is 22.5 Å². The SMILES string of the molecule is CC(C)(C)[Si](C)(C)OCCc1onc(-c2ccccc2Cl)c1C(=O)c1nnn(Cc2cc(C(F)(F)F)cc(C(F)(F)F)c2)c1-c1ccncc1. The van der Waals surface area contributed by atoms with E-state index in [4.69, 9.17) is 20.6 Å². The average molecular weight is 736 g/mol. The number of nitrogens with zero attached hydrogens (tertiary/aromatic N) is 5. The molecule has 0 bridgehead atoms. The van der Waals surface area contributed by atoms with Crippen LogP contribution in [0.25, 0.3) is 22.5 Å². The maximum atomic E-state index is 14.6. The third kappa shape index (κ3) is 7.84. The lowest BCUT2D eigenvalue weighted by Gasteiger charge is -2.36. The second-order valence-electron chi connectivity index (χ2n) is 13.1. The molecule has 0 saturated carbocycles. The summed E-state index contributed by atoms with van der Waals surface area (Å²) < 4.78 is 95.1. The van der Waals surface area contributed by atoms with E-state index in [2.05, 4.69) is 54.3 Å². The molecule has 0 saturated heterocycles. The molecule has 264 valence electrons. The van der Waals surface area contributed by atoms with E-state index in [1.165, 1.54) is 24.5 Å².